The normalized spacial score (nSPS) is 27.6. The second-order valence-corrected chi connectivity index (χ2v) is 6.42. The minimum atomic E-state index is -0.391. The Bertz CT molecular complexity index is 432. The molecule has 1 aliphatic carbocycles. The van der Waals surface area contributed by atoms with Gasteiger partial charge in [0, 0.05) is 24.9 Å². The first-order valence-electron chi connectivity index (χ1n) is 8.07. The van der Waals surface area contributed by atoms with Crippen LogP contribution in [0.25, 0.3) is 0 Å². The van der Waals surface area contributed by atoms with E-state index in [0.717, 1.165) is 31.6 Å². The molecule has 2 heterocycles. The van der Waals surface area contributed by atoms with Crippen LogP contribution in [0.5, 0.6) is 0 Å². The summed E-state index contributed by atoms with van der Waals surface area (Å²) in [5, 5.41) is 14.9. The van der Waals surface area contributed by atoms with Crippen molar-refractivity contribution in [1.82, 2.24) is 9.78 Å². The summed E-state index contributed by atoms with van der Waals surface area (Å²) in [5.74, 6) is 0.316. The van der Waals surface area contributed by atoms with Gasteiger partial charge in [-0.05, 0) is 38.5 Å². The van der Waals surface area contributed by atoms with Gasteiger partial charge in [0.2, 0.25) is 0 Å². The molecule has 1 aliphatic heterocycles. The number of nitrogens with zero attached hydrogens (tertiary/aromatic N) is 2. The third-order valence-electron chi connectivity index (χ3n) is 5.06. The maximum absolute atomic E-state index is 10.7. The van der Waals surface area contributed by atoms with Crippen molar-refractivity contribution >= 4 is 0 Å². The standard InChI is InChI=1S/C16H26N2O2/c1-2-18-12-14(11-17-18)15(19)13-6-9-20-16(10-13)7-4-3-5-8-16/h11-13,15,19H,2-10H2,1H3. The first-order valence-corrected chi connectivity index (χ1v) is 8.07. The molecule has 2 unspecified atom stereocenters. The molecule has 112 valence electrons. The molecule has 4 heteroatoms. The Morgan fingerprint density at radius 1 is 1.45 bits per heavy atom. The second kappa shape index (κ2) is 5.86. The molecule has 0 bridgehead atoms. The third-order valence-corrected chi connectivity index (χ3v) is 5.06. The molecule has 1 N–H and O–H groups in total. The lowest BCUT2D eigenvalue weighted by atomic mass is 9.74. The SMILES string of the molecule is CCn1cc(C(O)C2CCOC3(CCCCC3)C2)cn1. The van der Waals surface area contributed by atoms with Crippen LogP contribution < -0.4 is 0 Å². The maximum Gasteiger partial charge on any atom is 0.0850 e. The predicted octanol–water partition coefficient (Wildman–Crippen LogP) is 3.07. The Balaban J connectivity index is 1.69. The highest BCUT2D eigenvalue weighted by Crippen LogP contribution is 2.44. The van der Waals surface area contributed by atoms with Gasteiger partial charge in [0.25, 0.3) is 0 Å². The van der Waals surface area contributed by atoms with Crippen molar-refractivity contribution in [2.75, 3.05) is 6.61 Å². The van der Waals surface area contributed by atoms with E-state index in [4.69, 9.17) is 4.74 Å². The third kappa shape index (κ3) is 2.77. The van der Waals surface area contributed by atoms with Gasteiger partial charge in [0.1, 0.15) is 0 Å². The lowest BCUT2D eigenvalue weighted by Gasteiger charge is -2.44. The number of aliphatic hydroxyl groups is 1. The molecule has 2 fully saturated rings. The van der Waals surface area contributed by atoms with Gasteiger partial charge >= 0.3 is 0 Å². The van der Waals surface area contributed by atoms with Crippen LogP contribution in [0.1, 0.15) is 63.5 Å². The van der Waals surface area contributed by atoms with E-state index in [1.54, 1.807) is 0 Å². The summed E-state index contributed by atoms with van der Waals surface area (Å²) in [4.78, 5) is 0. The highest BCUT2D eigenvalue weighted by Gasteiger charge is 2.40. The topological polar surface area (TPSA) is 47.3 Å². The monoisotopic (exact) mass is 278 g/mol. The van der Waals surface area contributed by atoms with Crippen molar-refractivity contribution in [3.8, 4) is 0 Å². The van der Waals surface area contributed by atoms with Crippen LogP contribution in [-0.2, 0) is 11.3 Å². The zero-order valence-electron chi connectivity index (χ0n) is 12.4. The molecule has 0 radical (unpaired) electrons. The van der Waals surface area contributed by atoms with Gasteiger partial charge in [0.15, 0.2) is 0 Å². The van der Waals surface area contributed by atoms with Crippen LogP contribution in [0.15, 0.2) is 12.4 Å². The van der Waals surface area contributed by atoms with Crippen molar-refractivity contribution in [2.24, 2.45) is 5.92 Å². The molecule has 2 aliphatic rings. The Hall–Kier alpha value is -0.870. The summed E-state index contributed by atoms with van der Waals surface area (Å²) in [6, 6.07) is 0. The Kier molecular flexibility index (Phi) is 4.13. The smallest absolute Gasteiger partial charge is 0.0850 e. The number of rotatable bonds is 3. The van der Waals surface area contributed by atoms with Crippen molar-refractivity contribution < 1.29 is 9.84 Å². The maximum atomic E-state index is 10.7. The van der Waals surface area contributed by atoms with Crippen LogP contribution in [0.2, 0.25) is 0 Å². The lowest BCUT2D eigenvalue weighted by molar-refractivity contribution is -0.134. The molecule has 1 aromatic rings. The van der Waals surface area contributed by atoms with Crippen molar-refractivity contribution in [2.45, 2.75) is 70.1 Å². The lowest BCUT2D eigenvalue weighted by Crippen LogP contribution is -2.42. The minimum absolute atomic E-state index is 0.0584. The van der Waals surface area contributed by atoms with Gasteiger partial charge in [-0.3, -0.25) is 4.68 Å². The molecule has 3 rings (SSSR count). The zero-order valence-corrected chi connectivity index (χ0v) is 12.4. The molecular formula is C16H26N2O2. The van der Waals surface area contributed by atoms with Gasteiger partial charge in [-0.2, -0.15) is 5.10 Å². The molecule has 20 heavy (non-hydrogen) atoms. The van der Waals surface area contributed by atoms with Gasteiger partial charge < -0.3 is 9.84 Å². The molecular weight excluding hydrogens is 252 g/mol. The van der Waals surface area contributed by atoms with Crippen molar-refractivity contribution in [1.29, 1.82) is 0 Å². The highest BCUT2D eigenvalue weighted by molar-refractivity contribution is 5.10. The summed E-state index contributed by atoms with van der Waals surface area (Å²) in [5.41, 5.74) is 1.02. The molecule has 1 saturated carbocycles. The van der Waals surface area contributed by atoms with Gasteiger partial charge in [-0.1, -0.05) is 19.3 Å². The fourth-order valence-corrected chi connectivity index (χ4v) is 3.86. The largest absolute Gasteiger partial charge is 0.388 e. The van der Waals surface area contributed by atoms with E-state index in [0.29, 0.717) is 5.92 Å². The Labute approximate surface area is 121 Å². The van der Waals surface area contributed by atoms with Crippen molar-refractivity contribution in [3.63, 3.8) is 0 Å². The number of hydrogen-bond acceptors (Lipinski definition) is 3. The van der Waals surface area contributed by atoms with E-state index < -0.39 is 6.10 Å². The number of ether oxygens (including phenoxy) is 1. The van der Waals surface area contributed by atoms with E-state index in [1.807, 2.05) is 17.1 Å². The average molecular weight is 278 g/mol. The summed E-state index contributed by atoms with van der Waals surface area (Å²) >= 11 is 0. The summed E-state index contributed by atoms with van der Waals surface area (Å²) < 4.78 is 8.00. The predicted molar refractivity (Wildman–Crippen MR) is 77.4 cm³/mol. The number of aryl methyl sites for hydroxylation is 1. The molecule has 1 spiro atoms. The number of aromatic nitrogens is 2. The van der Waals surface area contributed by atoms with Gasteiger partial charge in [-0.25, -0.2) is 0 Å². The molecule has 2 atom stereocenters. The molecule has 0 amide bonds. The molecule has 0 aromatic carbocycles. The fourth-order valence-electron chi connectivity index (χ4n) is 3.86. The molecule has 1 saturated heterocycles. The molecule has 1 aromatic heterocycles. The van der Waals surface area contributed by atoms with Gasteiger partial charge in [-0.15, -0.1) is 0 Å². The van der Waals surface area contributed by atoms with E-state index in [1.165, 1.54) is 32.1 Å². The van der Waals surface area contributed by atoms with E-state index in [2.05, 4.69) is 12.0 Å². The Morgan fingerprint density at radius 3 is 2.95 bits per heavy atom. The van der Waals surface area contributed by atoms with Crippen LogP contribution in [-0.4, -0.2) is 27.1 Å². The van der Waals surface area contributed by atoms with Crippen LogP contribution in [0, 0.1) is 5.92 Å². The summed E-state index contributed by atoms with van der Waals surface area (Å²) in [6.45, 7) is 3.71. The zero-order chi connectivity index (χ0) is 14.0. The second-order valence-electron chi connectivity index (χ2n) is 6.42. The van der Waals surface area contributed by atoms with E-state index >= 15 is 0 Å². The van der Waals surface area contributed by atoms with Crippen LogP contribution >= 0.6 is 0 Å². The average Bonchev–Trinajstić information content (AvgIpc) is 2.96. The molecule has 4 nitrogen and oxygen atoms in total. The first kappa shape index (κ1) is 14.1. The van der Waals surface area contributed by atoms with Crippen LogP contribution in [0.4, 0.5) is 0 Å². The summed E-state index contributed by atoms with van der Waals surface area (Å²) in [6.07, 6.45) is 11.6. The first-order chi connectivity index (χ1) is 9.72. The van der Waals surface area contributed by atoms with E-state index in [9.17, 15) is 5.11 Å². The number of aliphatic hydroxyl groups excluding tert-OH is 1. The fraction of sp³-hybridized carbons (Fsp3) is 0.812. The van der Waals surface area contributed by atoms with Gasteiger partial charge in [0.05, 0.1) is 17.9 Å². The minimum Gasteiger partial charge on any atom is -0.388 e. The quantitative estimate of drug-likeness (QED) is 0.924. The van der Waals surface area contributed by atoms with Crippen LogP contribution in [0.3, 0.4) is 0 Å². The highest BCUT2D eigenvalue weighted by atomic mass is 16.5. The Morgan fingerprint density at radius 2 is 2.25 bits per heavy atom. The van der Waals surface area contributed by atoms with Crippen molar-refractivity contribution in [3.05, 3.63) is 18.0 Å². The summed E-state index contributed by atoms with van der Waals surface area (Å²) in [7, 11) is 0. The van der Waals surface area contributed by atoms with E-state index in [-0.39, 0.29) is 5.60 Å². The number of hydrogen-bond donors (Lipinski definition) is 1.